The van der Waals surface area contributed by atoms with Gasteiger partial charge in [0.15, 0.2) is 0 Å². The molecule has 8 nitrogen and oxygen atoms in total. The molecule has 3 rings (SSSR count). The lowest BCUT2D eigenvalue weighted by atomic mass is 10.1. The van der Waals surface area contributed by atoms with E-state index in [-0.39, 0.29) is 0 Å². The monoisotopic (exact) mass is 398 g/mol. The first-order valence-electron chi connectivity index (χ1n) is 8.79. The van der Waals surface area contributed by atoms with Gasteiger partial charge in [0, 0.05) is 17.1 Å². The number of rotatable bonds is 4. The van der Waals surface area contributed by atoms with Crippen LogP contribution in [0.15, 0.2) is 29.4 Å². The predicted octanol–water partition coefficient (Wildman–Crippen LogP) is 3.19. The van der Waals surface area contributed by atoms with Crippen LogP contribution in [0.2, 0.25) is 0 Å². The van der Waals surface area contributed by atoms with Crippen molar-refractivity contribution in [3.63, 3.8) is 0 Å². The molecule has 0 spiro atoms. The summed E-state index contributed by atoms with van der Waals surface area (Å²) in [7, 11) is 0. The van der Waals surface area contributed by atoms with E-state index in [1.807, 2.05) is 52.0 Å². The molecular formula is C19H22N6O2S. The van der Waals surface area contributed by atoms with Gasteiger partial charge in [-0.2, -0.15) is 4.98 Å². The molecular weight excluding hydrogens is 376 g/mol. The van der Waals surface area contributed by atoms with Gasteiger partial charge < -0.3 is 5.32 Å². The molecule has 3 aromatic rings. The number of amides is 3. The first kappa shape index (κ1) is 19.8. The third kappa shape index (κ3) is 4.48. The molecule has 0 aliphatic rings. The second-order valence-electron chi connectivity index (χ2n) is 6.67. The van der Waals surface area contributed by atoms with Crippen molar-refractivity contribution in [2.24, 2.45) is 0 Å². The van der Waals surface area contributed by atoms with Gasteiger partial charge in [0.05, 0.1) is 5.25 Å². The molecule has 1 aromatic carbocycles. The molecule has 9 heteroatoms. The third-order valence-corrected chi connectivity index (χ3v) is 5.07. The molecule has 0 aliphatic heterocycles. The molecule has 146 valence electrons. The lowest BCUT2D eigenvalue weighted by Crippen LogP contribution is -2.39. The van der Waals surface area contributed by atoms with Gasteiger partial charge in [-0.25, -0.2) is 14.3 Å². The van der Waals surface area contributed by atoms with Gasteiger partial charge in [0.25, 0.3) is 5.78 Å². The van der Waals surface area contributed by atoms with Crippen molar-refractivity contribution < 1.29 is 9.59 Å². The lowest BCUT2D eigenvalue weighted by molar-refractivity contribution is -0.119. The highest BCUT2D eigenvalue weighted by Gasteiger charge is 2.20. The summed E-state index contributed by atoms with van der Waals surface area (Å²) in [6.07, 6.45) is 0. The Balaban J connectivity index is 1.62. The fourth-order valence-corrected chi connectivity index (χ4v) is 3.48. The van der Waals surface area contributed by atoms with Crippen molar-refractivity contribution in [3.05, 3.63) is 46.8 Å². The average Bonchev–Trinajstić information content (AvgIpc) is 3.00. The number of fused-ring (bicyclic) bond motifs is 1. The maximum atomic E-state index is 12.4. The molecule has 0 saturated carbocycles. The minimum atomic E-state index is -0.569. The minimum Gasteiger partial charge on any atom is -0.307 e. The first-order valence-corrected chi connectivity index (χ1v) is 9.67. The van der Waals surface area contributed by atoms with Crippen molar-refractivity contribution in [2.75, 3.05) is 5.32 Å². The quantitative estimate of drug-likeness (QED) is 0.655. The lowest BCUT2D eigenvalue weighted by Gasteiger charge is -2.12. The van der Waals surface area contributed by atoms with E-state index >= 15 is 0 Å². The topological polar surface area (TPSA) is 101 Å². The van der Waals surface area contributed by atoms with Crippen molar-refractivity contribution in [3.8, 4) is 0 Å². The molecule has 1 unspecified atom stereocenters. The molecule has 3 amide bonds. The standard InChI is InChI=1S/C19H22N6O2S/c1-10-6-7-15(11(2)8-10)21-18(27)22-16(26)14(5)28-19-23-17-20-12(3)9-13(4)25(17)24-19/h6-9,14H,1-5H3,(H2,21,22,26,27). The number of carbonyl (C=O) groups is 2. The van der Waals surface area contributed by atoms with Gasteiger partial charge in [0.1, 0.15) is 0 Å². The van der Waals surface area contributed by atoms with Crippen LogP contribution in [0, 0.1) is 27.7 Å². The fraction of sp³-hybridized carbons (Fsp3) is 0.316. The Kier molecular flexibility index (Phi) is 5.64. The summed E-state index contributed by atoms with van der Waals surface area (Å²) in [5, 5.41) is 9.30. The number of aromatic nitrogens is 4. The van der Waals surface area contributed by atoms with Crippen LogP contribution in [0.1, 0.15) is 29.4 Å². The summed E-state index contributed by atoms with van der Waals surface area (Å²) >= 11 is 1.17. The number of nitrogens with one attached hydrogen (secondary N) is 2. The molecule has 2 aromatic heterocycles. The molecule has 2 heterocycles. The Morgan fingerprint density at radius 3 is 2.57 bits per heavy atom. The molecule has 2 N–H and O–H groups in total. The van der Waals surface area contributed by atoms with Gasteiger partial charge in [-0.3, -0.25) is 10.1 Å². The van der Waals surface area contributed by atoms with E-state index in [1.54, 1.807) is 11.4 Å². The highest BCUT2D eigenvalue weighted by molar-refractivity contribution is 8.00. The first-order chi connectivity index (χ1) is 13.2. The van der Waals surface area contributed by atoms with Crippen LogP contribution in [0.5, 0.6) is 0 Å². The van der Waals surface area contributed by atoms with Crippen LogP contribution in [0.3, 0.4) is 0 Å². The number of urea groups is 1. The number of hydrogen-bond donors (Lipinski definition) is 2. The molecule has 0 radical (unpaired) electrons. The highest BCUT2D eigenvalue weighted by atomic mass is 32.2. The Morgan fingerprint density at radius 1 is 1.11 bits per heavy atom. The van der Waals surface area contributed by atoms with E-state index < -0.39 is 17.2 Å². The Bertz CT molecular complexity index is 1060. The number of carbonyl (C=O) groups excluding carboxylic acids is 2. The second-order valence-corrected chi connectivity index (χ2v) is 7.97. The molecule has 0 bridgehead atoms. The summed E-state index contributed by atoms with van der Waals surface area (Å²) < 4.78 is 1.63. The zero-order valence-electron chi connectivity index (χ0n) is 16.4. The zero-order valence-corrected chi connectivity index (χ0v) is 17.2. The third-order valence-electron chi connectivity index (χ3n) is 4.12. The summed E-state index contributed by atoms with van der Waals surface area (Å²) in [6.45, 7) is 9.37. The Morgan fingerprint density at radius 2 is 1.86 bits per heavy atom. The van der Waals surface area contributed by atoms with Crippen LogP contribution < -0.4 is 10.6 Å². The molecule has 0 saturated heterocycles. The van der Waals surface area contributed by atoms with Crippen LogP contribution >= 0.6 is 11.8 Å². The maximum absolute atomic E-state index is 12.4. The number of anilines is 1. The SMILES string of the molecule is Cc1ccc(NC(=O)NC(=O)C(C)Sc2nc3nc(C)cc(C)n3n2)c(C)c1. The number of benzene rings is 1. The van der Waals surface area contributed by atoms with E-state index in [1.165, 1.54) is 11.8 Å². The summed E-state index contributed by atoms with van der Waals surface area (Å²) in [6, 6.07) is 7.01. The number of thioether (sulfide) groups is 1. The Labute approximate surface area is 167 Å². The van der Waals surface area contributed by atoms with Crippen molar-refractivity contribution >= 4 is 35.2 Å². The normalized spacial score (nSPS) is 12.0. The van der Waals surface area contributed by atoms with Gasteiger partial charge in [-0.15, -0.1) is 5.10 Å². The van der Waals surface area contributed by atoms with Gasteiger partial charge in [-0.1, -0.05) is 29.5 Å². The van der Waals surface area contributed by atoms with Crippen molar-refractivity contribution in [1.29, 1.82) is 0 Å². The number of imide groups is 1. The smallest absolute Gasteiger partial charge is 0.307 e. The molecule has 0 aliphatic carbocycles. The largest absolute Gasteiger partial charge is 0.325 e. The van der Waals surface area contributed by atoms with Crippen LogP contribution in [-0.2, 0) is 4.79 Å². The number of nitrogens with zero attached hydrogens (tertiary/aromatic N) is 4. The minimum absolute atomic E-state index is 0.424. The van der Waals surface area contributed by atoms with E-state index in [0.717, 1.165) is 22.5 Å². The van der Waals surface area contributed by atoms with Gasteiger partial charge in [0.2, 0.25) is 11.1 Å². The fourth-order valence-electron chi connectivity index (χ4n) is 2.73. The number of hydrogen-bond acceptors (Lipinski definition) is 6. The van der Waals surface area contributed by atoms with E-state index in [0.29, 0.717) is 16.6 Å². The van der Waals surface area contributed by atoms with Gasteiger partial charge in [-0.05, 0) is 52.3 Å². The zero-order chi connectivity index (χ0) is 20.4. The summed E-state index contributed by atoms with van der Waals surface area (Å²) in [5.74, 6) is 0.0622. The average molecular weight is 398 g/mol. The number of aryl methyl sites for hydroxylation is 4. The van der Waals surface area contributed by atoms with Crippen LogP contribution in [-0.4, -0.2) is 36.8 Å². The van der Waals surface area contributed by atoms with E-state index in [4.69, 9.17) is 0 Å². The maximum Gasteiger partial charge on any atom is 0.325 e. The highest BCUT2D eigenvalue weighted by Crippen LogP contribution is 2.21. The van der Waals surface area contributed by atoms with E-state index in [2.05, 4.69) is 25.7 Å². The summed E-state index contributed by atoms with van der Waals surface area (Å²) in [5.41, 5.74) is 4.45. The molecule has 0 fully saturated rings. The van der Waals surface area contributed by atoms with Crippen molar-refractivity contribution in [2.45, 2.75) is 45.0 Å². The summed E-state index contributed by atoms with van der Waals surface area (Å²) in [4.78, 5) is 33.2. The second kappa shape index (κ2) is 7.97. The van der Waals surface area contributed by atoms with Crippen molar-refractivity contribution in [1.82, 2.24) is 24.9 Å². The Hall–Kier alpha value is -2.94. The molecule has 1 atom stereocenters. The van der Waals surface area contributed by atoms with Gasteiger partial charge >= 0.3 is 6.03 Å². The predicted molar refractivity (Wildman–Crippen MR) is 109 cm³/mol. The van der Waals surface area contributed by atoms with Crippen LogP contribution in [0.25, 0.3) is 5.78 Å². The van der Waals surface area contributed by atoms with Crippen LogP contribution in [0.4, 0.5) is 10.5 Å². The van der Waals surface area contributed by atoms with E-state index in [9.17, 15) is 9.59 Å². The molecule has 28 heavy (non-hydrogen) atoms.